The lowest BCUT2D eigenvalue weighted by Crippen LogP contribution is -2.10. The lowest BCUT2D eigenvalue weighted by molar-refractivity contribution is -0.0498. The molecule has 0 unspecified atom stereocenters. The molecule has 0 aliphatic carbocycles. The number of alkyl halides is 2. The van der Waals surface area contributed by atoms with E-state index in [1.807, 2.05) is 6.92 Å². The first-order chi connectivity index (χ1) is 10.6. The van der Waals surface area contributed by atoms with Gasteiger partial charge in [-0.05, 0) is 47.2 Å². The second kappa shape index (κ2) is 5.88. The molecule has 1 N–H and O–H groups in total. The third kappa shape index (κ3) is 3.08. The van der Waals surface area contributed by atoms with Gasteiger partial charge in [0.2, 0.25) is 0 Å². The molecule has 0 radical (unpaired) electrons. The number of anilines is 1. The van der Waals surface area contributed by atoms with Gasteiger partial charge in [0, 0.05) is 0 Å². The number of benzene rings is 1. The van der Waals surface area contributed by atoms with E-state index in [2.05, 4.69) is 30.7 Å². The fraction of sp³-hybridized carbons (Fsp3) is 0.231. The Kier molecular flexibility index (Phi) is 3.77. The summed E-state index contributed by atoms with van der Waals surface area (Å²) in [6.45, 7) is -0.900. The average molecular weight is 306 g/mol. The zero-order valence-electron chi connectivity index (χ0n) is 11.5. The Hall–Kier alpha value is -2.84. The van der Waals surface area contributed by atoms with Crippen LogP contribution in [-0.4, -0.2) is 31.9 Å². The largest absolute Gasteiger partial charge is 0.435 e. The molecule has 1 aromatic carbocycles. The summed E-state index contributed by atoms with van der Waals surface area (Å²) in [6, 6.07) is 9.84. The summed E-state index contributed by atoms with van der Waals surface area (Å²) >= 11 is 0. The molecular formula is C13H12F2N6O. The molecule has 22 heavy (non-hydrogen) atoms. The molecule has 0 saturated heterocycles. The van der Waals surface area contributed by atoms with Crippen molar-refractivity contribution in [1.82, 2.24) is 25.3 Å². The molecule has 0 aliphatic heterocycles. The predicted molar refractivity (Wildman–Crippen MR) is 73.7 cm³/mol. The zero-order valence-corrected chi connectivity index (χ0v) is 11.5. The maximum absolute atomic E-state index is 12.1. The van der Waals surface area contributed by atoms with Crippen molar-refractivity contribution in [3.05, 3.63) is 42.0 Å². The van der Waals surface area contributed by atoms with E-state index in [0.717, 1.165) is 5.56 Å². The number of aromatic nitrogens is 5. The fourth-order valence-electron chi connectivity index (χ4n) is 1.97. The van der Waals surface area contributed by atoms with Gasteiger partial charge in [-0.3, -0.25) is 0 Å². The van der Waals surface area contributed by atoms with Crippen LogP contribution in [0.3, 0.4) is 0 Å². The van der Waals surface area contributed by atoms with Crippen LogP contribution in [0.5, 0.6) is 5.75 Å². The van der Waals surface area contributed by atoms with Gasteiger partial charge in [0.05, 0.1) is 6.04 Å². The lowest BCUT2D eigenvalue weighted by atomic mass is 10.1. The predicted octanol–water partition coefficient (Wildman–Crippen LogP) is 2.29. The van der Waals surface area contributed by atoms with Crippen molar-refractivity contribution in [3.63, 3.8) is 0 Å². The number of fused-ring (bicyclic) bond motifs is 1. The highest BCUT2D eigenvalue weighted by Gasteiger charge is 2.09. The molecule has 0 saturated carbocycles. The highest BCUT2D eigenvalue weighted by Crippen LogP contribution is 2.21. The van der Waals surface area contributed by atoms with Gasteiger partial charge in [0.25, 0.3) is 0 Å². The number of ether oxygens (including phenoxy) is 1. The molecule has 0 spiro atoms. The standard InChI is InChI=1S/C13H12F2N6O/c1-8(9-2-4-10(5-3-9)22-13(14)15)16-11-6-7-12-17-19-20-21(12)18-11/h2-8,13H,1H3,(H,16,18)/t8-/m0/s1. The van der Waals surface area contributed by atoms with E-state index in [-0.39, 0.29) is 11.8 Å². The van der Waals surface area contributed by atoms with Gasteiger partial charge < -0.3 is 10.1 Å². The topological polar surface area (TPSA) is 77.2 Å². The van der Waals surface area contributed by atoms with Crippen LogP contribution in [0.25, 0.3) is 5.65 Å². The van der Waals surface area contributed by atoms with Crippen molar-refractivity contribution in [2.24, 2.45) is 0 Å². The van der Waals surface area contributed by atoms with Crippen molar-refractivity contribution in [3.8, 4) is 5.75 Å². The van der Waals surface area contributed by atoms with Gasteiger partial charge in [-0.1, -0.05) is 12.1 Å². The zero-order chi connectivity index (χ0) is 15.5. The number of tetrazole rings is 1. The molecule has 2 heterocycles. The monoisotopic (exact) mass is 306 g/mol. The van der Waals surface area contributed by atoms with Crippen LogP contribution in [0.15, 0.2) is 36.4 Å². The number of hydrogen-bond donors (Lipinski definition) is 1. The Bertz CT molecular complexity index is 761. The van der Waals surface area contributed by atoms with Crippen LogP contribution < -0.4 is 10.1 Å². The molecule has 1 atom stereocenters. The summed E-state index contributed by atoms with van der Waals surface area (Å²) in [5.41, 5.74) is 1.45. The maximum Gasteiger partial charge on any atom is 0.387 e. The first-order valence-electron chi connectivity index (χ1n) is 6.48. The Balaban J connectivity index is 1.71. The van der Waals surface area contributed by atoms with Crippen molar-refractivity contribution in [2.75, 3.05) is 5.32 Å². The van der Waals surface area contributed by atoms with Crippen molar-refractivity contribution in [2.45, 2.75) is 19.6 Å². The smallest absolute Gasteiger partial charge is 0.387 e. The Labute approximate surface area is 123 Å². The Morgan fingerprint density at radius 2 is 1.91 bits per heavy atom. The molecule has 3 rings (SSSR count). The van der Waals surface area contributed by atoms with E-state index in [1.54, 1.807) is 24.3 Å². The van der Waals surface area contributed by atoms with Crippen LogP contribution in [0, 0.1) is 0 Å². The molecular weight excluding hydrogens is 294 g/mol. The molecule has 3 aromatic rings. The van der Waals surface area contributed by atoms with E-state index in [0.29, 0.717) is 11.5 Å². The Morgan fingerprint density at radius 1 is 1.14 bits per heavy atom. The quantitative estimate of drug-likeness (QED) is 0.779. The number of halogens is 2. The molecule has 0 amide bonds. The molecule has 114 valence electrons. The molecule has 0 aliphatic rings. The van der Waals surface area contributed by atoms with Gasteiger partial charge in [-0.15, -0.1) is 14.8 Å². The molecule has 0 bridgehead atoms. The minimum atomic E-state index is -2.83. The second-order valence-corrected chi connectivity index (χ2v) is 4.56. The normalized spacial score (nSPS) is 12.5. The van der Waals surface area contributed by atoms with Crippen LogP contribution in [0.4, 0.5) is 14.6 Å². The van der Waals surface area contributed by atoms with Crippen molar-refractivity contribution < 1.29 is 13.5 Å². The summed E-state index contributed by atoms with van der Waals surface area (Å²) in [6.07, 6.45) is 0. The first kappa shape index (κ1) is 14.1. The van der Waals surface area contributed by atoms with Gasteiger partial charge in [0.1, 0.15) is 11.6 Å². The lowest BCUT2D eigenvalue weighted by Gasteiger charge is -2.15. The third-order valence-corrected chi connectivity index (χ3v) is 3.04. The molecule has 0 fully saturated rings. The van der Waals surface area contributed by atoms with E-state index < -0.39 is 6.61 Å². The van der Waals surface area contributed by atoms with Crippen LogP contribution >= 0.6 is 0 Å². The summed E-state index contributed by atoms with van der Waals surface area (Å²) < 4.78 is 29.8. The number of hydrogen-bond acceptors (Lipinski definition) is 6. The third-order valence-electron chi connectivity index (χ3n) is 3.04. The van der Waals surface area contributed by atoms with Gasteiger partial charge in [-0.2, -0.15) is 8.78 Å². The highest BCUT2D eigenvalue weighted by atomic mass is 19.3. The molecule has 2 aromatic heterocycles. The summed E-state index contributed by atoms with van der Waals surface area (Å²) in [4.78, 5) is 0. The van der Waals surface area contributed by atoms with E-state index in [9.17, 15) is 8.78 Å². The fourth-order valence-corrected chi connectivity index (χ4v) is 1.97. The van der Waals surface area contributed by atoms with Gasteiger partial charge in [0.15, 0.2) is 5.65 Å². The maximum atomic E-state index is 12.1. The summed E-state index contributed by atoms with van der Waals surface area (Å²) in [5.74, 6) is 0.722. The van der Waals surface area contributed by atoms with Crippen LogP contribution in [-0.2, 0) is 0 Å². The summed E-state index contributed by atoms with van der Waals surface area (Å²) in [5, 5.41) is 18.4. The molecule has 9 heteroatoms. The van der Waals surface area contributed by atoms with E-state index >= 15 is 0 Å². The minimum absolute atomic E-state index is 0.0815. The molecule has 7 nitrogen and oxygen atoms in total. The SMILES string of the molecule is C[C@H](Nc1ccc2nnnn2n1)c1ccc(OC(F)F)cc1. The van der Waals surface area contributed by atoms with E-state index in [1.165, 1.54) is 16.8 Å². The van der Waals surface area contributed by atoms with Crippen LogP contribution in [0.2, 0.25) is 0 Å². The number of nitrogens with zero attached hydrogens (tertiary/aromatic N) is 5. The summed E-state index contributed by atoms with van der Waals surface area (Å²) in [7, 11) is 0. The van der Waals surface area contributed by atoms with Crippen molar-refractivity contribution in [1.29, 1.82) is 0 Å². The van der Waals surface area contributed by atoms with E-state index in [4.69, 9.17) is 0 Å². The number of rotatable bonds is 5. The second-order valence-electron chi connectivity index (χ2n) is 4.56. The average Bonchev–Trinajstić information content (AvgIpc) is 2.95. The number of nitrogens with one attached hydrogen (secondary N) is 1. The van der Waals surface area contributed by atoms with Crippen LogP contribution in [0.1, 0.15) is 18.5 Å². The van der Waals surface area contributed by atoms with Crippen molar-refractivity contribution >= 4 is 11.5 Å². The first-order valence-corrected chi connectivity index (χ1v) is 6.48. The van der Waals surface area contributed by atoms with Gasteiger partial charge >= 0.3 is 6.61 Å². The minimum Gasteiger partial charge on any atom is -0.435 e. The Morgan fingerprint density at radius 3 is 2.64 bits per heavy atom. The highest BCUT2D eigenvalue weighted by molar-refractivity contribution is 5.44. The van der Waals surface area contributed by atoms with Gasteiger partial charge in [-0.25, -0.2) is 0 Å².